The van der Waals surface area contributed by atoms with Crippen LogP contribution in [0.25, 0.3) is 17.2 Å². The van der Waals surface area contributed by atoms with Gasteiger partial charge in [0.15, 0.2) is 10.6 Å². The molecule has 1 aromatic heterocycles. The molecule has 1 fully saturated rings. The molecule has 282 valence electrons. The number of anilines is 2. The van der Waals surface area contributed by atoms with Crippen molar-refractivity contribution < 1.29 is 23.6 Å². The van der Waals surface area contributed by atoms with E-state index in [9.17, 15) is 9.35 Å². The number of amides is 1. The van der Waals surface area contributed by atoms with Gasteiger partial charge in [0, 0.05) is 49.8 Å². The topological polar surface area (TPSA) is 101 Å². The van der Waals surface area contributed by atoms with E-state index in [1.165, 1.54) is 6.42 Å². The van der Waals surface area contributed by atoms with Crippen molar-refractivity contribution in [3.63, 3.8) is 0 Å². The number of fused-ring (bicyclic) bond motifs is 1. The molecule has 3 aromatic carbocycles. The highest BCUT2D eigenvalue weighted by molar-refractivity contribution is 7.90. The summed E-state index contributed by atoms with van der Waals surface area (Å²) in [5, 5.41) is 3.11. The summed E-state index contributed by atoms with van der Waals surface area (Å²) < 4.78 is 33.0. The summed E-state index contributed by atoms with van der Waals surface area (Å²) in [6, 6.07) is 22.1. The van der Waals surface area contributed by atoms with E-state index in [4.69, 9.17) is 14.2 Å². The van der Waals surface area contributed by atoms with Crippen molar-refractivity contribution in [3.8, 4) is 16.9 Å². The maximum absolute atomic E-state index is 13.8. The minimum Gasteiger partial charge on any atom is -0.611 e. The molecule has 1 unspecified atom stereocenters. The molecule has 3 heterocycles. The highest BCUT2D eigenvalue weighted by Gasteiger charge is 2.23. The number of ether oxygens (including phenoxy) is 3. The zero-order valence-corrected chi connectivity index (χ0v) is 32.3. The van der Waals surface area contributed by atoms with Crippen molar-refractivity contribution >= 4 is 34.5 Å². The SMILES string of the molecule is CCCCOCCOc1ccc(-c2ccc3c(c2)/C=C(/C(=O)Nc2ccc([S+]([O-])Cc4c(C)ncn4CC)cc2)CCCN3C[C@H]2CCCCO2)cc1. The molecule has 1 amide bonds. The molecule has 4 aromatic rings. The Morgan fingerprint density at radius 2 is 1.81 bits per heavy atom. The maximum Gasteiger partial charge on any atom is 0.251 e. The number of nitrogens with zero attached hydrogens (tertiary/aromatic N) is 3. The number of nitrogens with one attached hydrogen (secondary N) is 1. The van der Waals surface area contributed by atoms with E-state index < -0.39 is 11.2 Å². The van der Waals surface area contributed by atoms with Crippen LogP contribution >= 0.6 is 0 Å². The molecule has 1 saturated heterocycles. The van der Waals surface area contributed by atoms with E-state index >= 15 is 0 Å². The van der Waals surface area contributed by atoms with Crippen molar-refractivity contribution in [2.75, 3.05) is 49.7 Å². The molecule has 6 rings (SSSR count). The molecule has 0 spiro atoms. The molecular weight excluding hydrogens is 685 g/mol. The lowest BCUT2D eigenvalue weighted by Gasteiger charge is -2.33. The van der Waals surface area contributed by atoms with Crippen LogP contribution in [0, 0.1) is 6.92 Å². The third kappa shape index (κ3) is 10.5. The van der Waals surface area contributed by atoms with Gasteiger partial charge in [0.05, 0.1) is 30.4 Å². The summed E-state index contributed by atoms with van der Waals surface area (Å²) in [6.45, 7) is 11.3. The van der Waals surface area contributed by atoms with Gasteiger partial charge in [-0.3, -0.25) is 4.79 Å². The number of carbonyl (C=O) groups excluding carboxylic acids is 1. The fourth-order valence-electron chi connectivity index (χ4n) is 6.93. The molecule has 10 heteroatoms. The van der Waals surface area contributed by atoms with Gasteiger partial charge in [0.2, 0.25) is 0 Å². The van der Waals surface area contributed by atoms with Crippen LogP contribution in [0.4, 0.5) is 11.4 Å². The van der Waals surface area contributed by atoms with Crippen molar-refractivity contribution in [1.82, 2.24) is 9.55 Å². The van der Waals surface area contributed by atoms with Crippen LogP contribution in [0.5, 0.6) is 5.75 Å². The zero-order valence-electron chi connectivity index (χ0n) is 31.5. The first kappa shape index (κ1) is 38.6. The Bertz CT molecular complexity index is 1800. The average Bonchev–Trinajstić information content (AvgIpc) is 3.53. The Morgan fingerprint density at radius 3 is 2.57 bits per heavy atom. The average molecular weight is 739 g/mol. The summed E-state index contributed by atoms with van der Waals surface area (Å²) in [7, 11) is 0. The minimum absolute atomic E-state index is 0.123. The Morgan fingerprint density at radius 1 is 1.00 bits per heavy atom. The Hall–Kier alpha value is -4.09. The van der Waals surface area contributed by atoms with Crippen LogP contribution in [-0.4, -0.2) is 65.6 Å². The van der Waals surface area contributed by atoms with Crippen LogP contribution < -0.4 is 15.0 Å². The summed E-state index contributed by atoms with van der Waals surface area (Å²) in [5.41, 5.74) is 7.57. The van der Waals surface area contributed by atoms with Gasteiger partial charge in [-0.25, -0.2) is 4.98 Å². The fraction of sp³-hybridized carbons (Fsp3) is 0.442. The summed E-state index contributed by atoms with van der Waals surface area (Å²) >= 11 is -1.23. The van der Waals surface area contributed by atoms with Crippen LogP contribution in [-0.2, 0) is 37.7 Å². The molecule has 2 atom stereocenters. The second-order valence-corrected chi connectivity index (χ2v) is 15.3. The predicted molar refractivity (Wildman–Crippen MR) is 214 cm³/mol. The number of unbranched alkanes of at least 4 members (excludes halogenated alkanes) is 1. The lowest BCUT2D eigenvalue weighted by Crippen LogP contribution is -2.37. The lowest BCUT2D eigenvalue weighted by atomic mass is 9.96. The molecule has 0 saturated carbocycles. The number of hydrogen-bond acceptors (Lipinski definition) is 7. The van der Waals surface area contributed by atoms with Gasteiger partial charge in [-0.05, 0) is 135 Å². The first-order valence-corrected chi connectivity index (χ1v) is 20.6. The maximum atomic E-state index is 13.8. The monoisotopic (exact) mass is 738 g/mol. The van der Waals surface area contributed by atoms with Crippen LogP contribution in [0.1, 0.15) is 75.7 Å². The van der Waals surface area contributed by atoms with Crippen molar-refractivity contribution in [2.24, 2.45) is 0 Å². The van der Waals surface area contributed by atoms with E-state index in [1.807, 2.05) is 47.9 Å². The van der Waals surface area contributed by atoms with Crippen LogP contribution in [0.3, 0.4) is 0 Å². The molecule has 53 heavy (non-hydrogen) atoms. The summed E-state index contributed by atoms with van der Waals surface area (Å²) in [5.74, 6) is 1.09. The number of imidazole rings is 1. The lowest BCUT2D eigenvalue weighted by molar-refractivity contribution is -0.112. The number of benzene rings is 3. The number of aromatic nitrogens is 2. The third-order valence-electron chi connectivity index (χ3n) is 10.0. The summed E-state index contributed by atoms with van der Waals surface area (Å²) in [4.78, 5) is 21.4. The molecule has 9 nitrogen and oxygen atoms in total. The molecular formula is C43H54N4O5S. The van der Waals surface area contributed by atoms with Gasteiger partial charge in [-0.1, -0.05) is 31.5 Å². The number of aryl methyl sites for hydroxylation is 2. The Kier molecular flexibility index (Phi) is 14.1. The van der Waals surface area contributed by atoms with Gasteiger partial charge < -0.3 is 33.5 Å². The van der Waals surface area contributed by atoms with E-state index in [0.717, 1.165) is 115 Å². The second kappa shape index (κ2) is 19.3. The Balaban J connectivity index is 1.18. The van der Waals surface area contributed by atoms with Gasteiger partial charge in [-0.2, -0.15) is 0 Å². The van der Waals surface area contributed by atoms with E-state index in [0.29, 0.717) is 31.1 Å². The van der Waals surface area contributed by atoms with Crippen molar-refractivity contribution in [2.45, 2.75) is 89.0 Å². The predicted octanol–water partition coefficient (Wildman–Crippen LogP) is 8.57. The number of rotatable bonds is 16. The van der Waals surface area contributed by atoms with Gasteiger partial charge >= 0.3 is 0 Å². The van der Waals surface area contributed by atoms with E-state index in [1.54, 1.807) is 6.33 Å². The fourth-order valence-corrected chi connectivity index (χ4v) is 8.16. The molecule has 2 aliphatic heterocycles. The summed E-state index contributed by atoms with van der Waals surface area (Å²) in [6.07, 6.45) is 11.1. The number of carbonyl (C=O) groups is 1. The second-order valence-electron chi connectivity index (χ2n) is 13.9. The Labute approximate surface area is 317 Å². The largest absolute Gasteiger partial charge is 0.611 e. The molecule has 2 aliphatic rings. The molecule has 0 radical (unpaired) electrons. The van der Waals surface area contributed by atoms with E-state index in [2.05, 4.69) is 65.5 Å². The van der Waals surface area contributed by atoms with Gasteiger partial charge in [0.1, 0.15) is 12.4 Å². The van der Waals surface area contributed by atoms with E-state index in [-0.39, 0.29) is 12.0 Å². The quantitative estimate of drug-likeness (QED) is 0.0908. The smallest absolute Gasteiger partial charge is 0.251 e. The van der Waals surface area contributed by atoms with Crippen LogP contribution in [0.15, 0.2) is 83.5 Å². The number of hydrogen-bond donors (Lipinski definition) is 1. The molecule has 1 N–H and O–H groups in total. The van der Waals surface area contributed by atoms with Gasteiger partial charge in [0.25, 0.3) is 5.91 Å². The molecule has 0 aliphatic carbocycles. The first-order valence-electron chi connectivity index (χ1n) is 19.2. The van der Waals surface area contributed by atoms with Gasteiger partial charge in [-0.15, -0.1) is 0 Å². The normalized spacial score (nSPS) is 17.6. The standard InChI is InChI=1S/C43H54N4O5S/c1-4-6-23-50-25-26-52-38-17-12-33(13-18-38)34-14-21-41-36(27-34)28-35(10-9-22-47(41)29-39-11-7-8-24-51-39)43(48)45-37-15-19-40(20-16-37)53(49)30-42-32(3)44-31-46(42)5-2/h12-21,27-28,31,39H,4-11,22-26,29-30H2,1-3H3,(H,45,48)/b35-28+/t39-,53?/m1/s1. The highest BCUT2D eigenvalue weighted by atomic mass is 32.2. The van der Waals surface area contributed by atoms with Crippen molar-refractivity contribution in [1.29, 1.82) is 0 Å². The first-order chi connectivity index (χ1) is 25.9. The minimum atomic E-state index is -1.23. The highest BCUT2D eigenvalue weighted by Crippen LogP contribution is 2.34. The third-order valence-corrected chi connectivity index (χ3v) is 11.4. The molecule has 0 bridgehead atoms. The van der Waals surface area contributed by atoms with Crippen LogP contribution in [0.2, 0.25) is 0 Å². The zero-order chi connectivity index (χ0) is 37.0. The van der Waals surface area contributed by atoms with Crippen molar-refractivity contribution in [3.05, 3.63) is 95.6 Å².